The van der Waals surface area contributed by atoms with Gasteiger partial charge in [0.1, 0.15) is 5.82 Å². The van der Waals surface area contributed by atoms with Crippen LogP contribution in [0.2, 0.25) is 0 Å². The molecule has 0 aliphatic rings. The van der Waals surface area contributed by atoms with Crippen molar-refractivity contribution in [2.75, 3.05) is 12.3 Å². The van der Waals surface area contributed by atoms with Crippen LogP contribution in [0.25, 0.3) is 0 Å². The van der Waals surface area contributed by atoms with Crippen LogP contribution in [0.5, 0.6) is 0 Å². The number of anilines is 1. The molecule has 0 spiro atoms. The largest absolute Gasteiger partial charge is 0.398 e. The van der Waals surface area contributed by atoms with Crippen molar-refractivity contribution in [1.82, 2.24) is 5.32 Å². The lowest BCUT2D eigenvalue weighted by atomic mass is 10.1. The number of rotatable bonds is 3. The molecule has 0 aliphatic carbocycles. The Morgan fingerprint density at radius 2 is 2.33 bits per heavy atom. The minimum atomic E-state index is -0.649. The molecule has 0 aromatic heterocycles. The third-order valence-electron chi connectivity index (χ3n) is 1.82. The molecule has 4 nitrogen and oxygen atoms in total. The average Bonchev–Trinajstić information content (AvgIpc) is 2.18. The lowest BCUT2D eigenvalue weighted by Crippen LogP contribution is -2.31. The predicted octanol–water partition coefficient (Wildman–Crippen LogP) is 0.519. The van der Waals surface area contributed by atoms with Gasteiger partial charge in [-0.05, 0) is 25.1 Å². The molecular formula is C10H13FN2O2. The SMILES string of the molecule is C[C@@H](O)CNC(=O)c1cc(F)ccc1N. The molecule has 0 fully saturated rings. The smallest absolute Gasteiger partial charge is 0.253 e. The summed E-state index contributed by atoms with van der Waals surface area (Å²) in [7, 11) is 0. The molecule has 0 bridgehead atoms. The second kappa shape index (κ2) is 4.75. The van der Waals surface area contributed by atoms with Gasteiger partial charge in [0.05, 0.1) is 11.7 Å². The number of hydrogen-bond acceptors (Lipinski definition) is 3. The predicted molar refractivity (Wildman–Crippen MR) is 54.8 cm³/mol. The molecule has 0 radical (unpaired) electrons. The second-order valence-corrected chi connectivity index (χ2v) is 3.29. The van der Waals surface area contributed by atoms with Gasteiger partial charge in [-0.3, -0.25) is 4.79 Å². The summed E-state index contributed by atoms with van der Waals surface area (Å²) < 4.78 is 12.8. The molecule has 1 atom stereocenters. The summed E-state index contributed by atoms with van der Waals surface area (Å²) in [5.74, 6) is -1.01. The Balaban J connectivity index is 2.77. The Morgan fingerprint density at radius 3 is 2.93 bits per heavy atom. The molecule has 0 heterocycles. The molecule has 15 heavy (non-hydrogen) atoms. The van der Waals surface area contributed by atoms with Crippen molar-refractivity contribution < 1.29 is 14.3 Å². The highest BCUT2D eigenvalue weighted by Crippen LogP contribution is 2.12. The van der Waals surface area contributed by atoms with Crippen molar-refractivity contribution in [3.8, 4) is 0 Å². The fraction of sp³-hybridized carbons (Fsp3) is 0.300. The van der Waals surface area contributed by atoms with Crippen molar-refractivity contribution in [2.24, 2.45) is 0 Å². The number of benzene rings is 1. The number of carbonyl (C=O) groups excluding carboxylic acids is 1. The molecule has 1 aromatic carbocycles. The molecule has 0 aliphatic heterocycles. The van der Waals surface area contributed by atoms with Crippen molar-refractivity contribution >= 4 is 11.6 Å². The number of amides is 1. The van der Waals surface area contributed by atoms with Gasteiger partial charge in [0.25, 0.3) is 5.91 Å². The molecule has 82 valence electrons. The van der Waals surface area contributed by atoms with Gasteiger partial charge < -0.3 is 16.2 Å². The van der Waals surface area contributed by atoms with Crippen LogP contribution < -0.4 is 11.1 Å². The summed E-state index contributed by atoms with van der Waals surface area (Å²) >= 11 is 0. The van der Waals surface area contributed by atoms with Crippen LogP contribution in [0.3, 0.4) is 0 Å². The normalized spacial score (nSPS) is 12.2. The lowest BCUT2D eigenvalue weighted by Gasteiger charge is -2.08. The van der Waals surface area contributed by atoms with Gasteiger partial charge in [0.15, 0.2) is 0 Å². The summed E-state index contributed by atoms with van der Waals surface area (Å²) in [6, 6.07) is 3.57. The van der Waals surface area contributed by atoms with Crippen LogP contribution in [0.1, 0.15) is 17.3 Å². The van der Waals surface area contributed by atoms with Crippen LogP contribution in [-0.4, -0.2) is 23.7 Å². The summed E-state index contributed by atoms with van der Waals surface area (Å²) in [5.41, 5.74) is 5.79. The van der Waals surface area contributed by atoms with Crippen LogP contribution >= 0.6 is 0 Å². The van der Waals surface area contributed by atoms with Gasteiger partial charge in [-0.2, -0.15) is 0 Å². The first kappa shape index (κ1) is 11.5. The van der Waals surface area contributed by atoms with E-state index in [1.165, 1.54) is 19.1 Å². The van der Waals surface area contributed by atoms with Gasteiger partial charge in [0.2, 0.25) is 0 Å². The van der Waals surface area contributed by atoms with E-state index in [0.29, 0.717) is 0 Å². The molecule has 0 saturated heterocycles. The van der Waals surface area contributed by atoms with Gasteiger partial charge in [0, 0.05) is 12.2 Å². The Hall–Kier alpha value is -1.62. The van der Waals surface area contributed by atoms with E-state index in [2.05, 4.69) is 5.32 Å². The molecule has 4 N–H and O–H groups in total. The lowest BCUT2D eigenvalue weighted by molar-refractivity contribution is 0.0924. The highest BCUT2D eigenvalue weighted by atomic mass is 19.1. The molecule has 0 unspecified atom stereocenters. The summed E-state index contributed by atoms with van der Waals surface area (Å²) in [6.07, 6.45) is -0.649. The van der Waals surface area contributed by atoms with Crippen molar-refractivity contribution in [1.29, 1.82) is 0 Å². The zero-order chi connectivity index (χ0) is 11.4. The van der Waals surface area contributed by atoms with E-state index in [9.17, 15) is 9.18 Å². The number of aliphatic hydroxyl groups excluding tert-OH is 1. The first-order chi connectivity index (χ1) is 7.00. The Morgan fingerprint density at radius 1 is 1.67 bits per heavy atom. The van der Waals surface area contributed by atoms with E-state index in [-0.39, 0.29) is 17.8 Å². The second-order valence-electron chi connectivity index (χ2n) is 3.29. The molecular weight excluding hydrogens is 199 g/mol. The minimum absolute atomic E-state index is 0.0793. The van der Waals surface area contributed by atoms with Crippen molar-refractivity contribution in [3.05, 3.63) is 29.6 Å². The summed E-state index contributed by atoms with van der Waals surface area (Å²) in [4.78, 5) is 11.5. The van der Waals surface area contributed by atoms with E-state index in [1.54, 1.807) is 0 Å². The molecule has 1 amide bonds. The van der Waals surface area contributed by atoms with Crippen LogP contribution in [0, 0.1) is 5.82 Å². The van der Waals surface area contributed by atoms with E-state index in [1.807, 2.05) is 0 Å². The number of carbonyl (C=O) groups is 1. The first-order valence-corrected chi connectivity index (χ1v) is 4.52. The fourth-order valence-corrected chi connectivity index (χ4v) is 1.06. The highest BCUT2D eigenvalue weighted by molar-refractivity contribution is 5.99. The minimum Gasteiger partial charge on any atom is -0.398 e. The van der Waals surface area contributed by atoms with Crippen LogP contribution in [-0.2, 0) is 0 Å². The van der Waals surface area contributed by atoms with Gasteiger partial charge in [-0.15, -0.1) is 0 Å². The number of nitrogens with one attached hydrogen (secondary N) is 1. The number of hydrogen-bond donors (Lipinski definition) is 3. The van der Waals surface area contributed by atoms with Crippen molar-refractivity contribution in [2.45, 2.75) is 13.0 Å². The van der Waals surface area contributed by atoms with Gasteiger partial charge in [-0.1, -0.05) is 0 Å². The van der Waals surface area contributed by atoms with Crippen molar-refractivity contribution in [3.63, 3.8) is 0 Å². The molecule has 1 rings (SSSR count). The number of aliphatic hydroxyl groups is 1. The zero-order valence-corrected chi connectivity index (χ0v) is 8.33. The Kier molecular flexibility index (Phi) is 3.62. The number of nitrogens with two attached hydrogens (primary N) is 1. The fourth-order valence-electron chi connectivity index (χ4n) is 1.06. The van der Waals surface area contributed by atoms with E-state index < -0.39 is 17.8 Å². The van der Waals surface area contributed by atoms with Gasteiger partial charge in [-0.25, -0.2) is 4.39 Å². The molecule has 5 heteroatoms. The quantitative estimate of drug-likeness (QED) is 0.639. The monoisotopic (exact) mass is 212 g/mol. The van der Waals surface area contributed by atoms with Crippen LogP contribution in [0.15, 0.2) is 18.2 Å². The molecule has 0 saturated carbocycles. The Bertz CT molecular complexity index is 366. The summed E-state index contributed by atoms with van der Waals surface area (Å²) in [5, 5.41) is 11.4. The van der Waals surface area contributed by atoms with Gasteiger partial charge >= 0.3 is 0 Å². The number of nitrogen functional groups attached to an aromatic ring is 1. The van der Waals surface area contributed by atoms with E-state index >= 15 is 0 Å². The molecule has 1 aromatic rings. The van der Waals surface area contributed by atoms with Crippen LogP contribution in [0.4, 0.5) is 10.1 Å². The average molecular weight is 212 g/mol. The highest BCUT2D eigenvalue weighted by Gasteiger charge is 2.10. The summed E-state index contributed by atoms with van der Waals surface area (Å²) in [6.45, 7) is 1.64. The third kappa shape index (κ3) is 3.21. The maximum Gasteiger partial charge on any atom is 0.253 e. The maximum absolute atomic E-state index is 12.8. The Labute approximate surface area is 86.9 Å². The van der Waals surface area contributed by atoms with E-state index in [4.69, 9.17) is 10.8 Å². The topological polar surface area (TPSA) is 75.3 Å². The number of halogens is 1. The maximum atomic E-state index is 12.8. The van der Waals surface area contributed by atoms with E-state index in [0.717, 1.165) is 6.07 Å². The standard InChI is InChI=1S/C10H13FN2O2/c1-6(14)5-13-10(15)8-4-7(11)2-3-9(8)12/h2-4,6,14H,5,12H2,1H3,(H,13,15)/t6-/m1/s1. The zero-order valence-electron chi connectivity index (χ0n) is 8.33. The first-order valence-electron chi connectivity index (χ1n) is 4.52. The third-order valence-corrected chi connectivity index (χ3v) is 1.82.